The summed E-state index contributed by atoms with van der Waals surface area (Å²) >= 11 is 1.41. The van der Waals surface area contributed by atoms with E-state index in [1.54, 1.807) is 13.1 Å². The molecule has 5 nitrogen and oxygen atoms in total. The molecule has 1 amide bonds. The number of carbonyl (C=O) groups excluding carboxylic acids is 1. The van der Waals surface area contributed by atoms with Crippen LogP contribution in [0.1, 0.15) is 35.0 Å². The summed E-state index contributed by atoms with van der Waals surface area (Å²) in [7, 11) is 0. The van der Waals surface area contributed by atoms with Crippen LogP contribution in [0.4, 0.5) is 18.3 Å². The van der Waals surface area contributed by atoms with Crippen LogP contribution >= 0.6 is 24.8 Å². The number of nitrogens with zero attached hydrogens (tertiary/aromatic N) is 3. The minimum atomic E-state index is -4.38. The minimum Gasteiger partial charge on any atom is -0.302 e. The number of likely N-dealkylation sites (tertiary alicyclic amines) is 1. The molecule has 0 radical (unpaired) electrons. The third-order valence-electron chi connectivity index (χ3n) is 4.48. The Morgan fingerprint density at radius 1 is 1.36 bits per heavy atom. The number of aromatic nitrogens is 2. The molecule has 2 aromatic heterocycles. The number of thiazole rings is 1. The number of nitrogens with one attached hydrogen (secondary N) is 1. The molecule has 1 atom stereocenters. The van der Waals surface area contributed by atoms with Crippen LogP contribution in [-0.2, 0) is 23.9 Å². The van der Waals surface area contributed by atoms with E-state index in [1.165, 1.54) is 30.5 Å². The molecule has 1 aliphatic heterocycles. The first kappa shape index (κ1) is 22.6. The summed E-state index contributed by atoms with van der Waals surface area (Å²) in [5.41, 5.74) is 0.0216. The van der Waals surface area contributed by atoms with Crippen molar-refractivity contribution >= 4 is 35.9 Å². The Morgan fingerprint density at radius 3 is 2.79 bits per heavy atom. The maximum atomic E-state index is 13.3. The average Bonchev–Trinajstić information content (AvgIpc) is 3.17. The molecule has 28 heavy (non-hydrogen) atoms. The number of pyridine rings is 1. The van der Waals surface area contributed by atoms with Crippen molar-refractivity contribution in [3.63, 3.8) is 0 Å². The fourth-order valence-electron chi connectivity index (χ4n) is 3.31. The van der Waals surface area contributed by atoms with E-state index in [9.17, 15) is 18.0 Å². The van der Waals surface area contributed by atoms with Crippen molar-refractivity contribution in [1.29, 1.82) is 0 Å². The predicted octanol–water partition coefficient (Wildman–Crippen LogP) is 4.00. The number of rotatable bonds is 5. The molecule has 1 N–H and O–H groups in total. The van der Waals surface area contributed by atoms with Gasteiger partial charge in [-0.25, -0.2) is 4.98 Å². The van der Waals surface area contributed by atoms with Gasteiger partial charge in [-0.05, 0) is 43.9 Å². The molecule has 0 spiro atoms. The summed E-state index contributed by atoms with van der Waals surface area (Å²) < 4.78 is 39.8. The molecular formula is C18H23F3N4OS2. The van der Waals surface area contributed by atoms with Crippen LogP contribution < -0.4 is 5.32 Å². The van der Waals surface area contributed by atoms with Crippen LogP contribution in [0.5, 0.6) is 0 Å². The highest BCUT2D eigenvalue weighted by molar-refractivity contribution is 7.59. The third-order valence-corrected chi connectivity index (χ3v) is 5.38. The number of hydrogen-bond acceptors (Lipinski definition) is 5. The Morgan fingerprint density at radius 2 is 2.11 bits per heavy atom. The monoisotopic (exact) mass is 432 g/mol. The van der Waals surface area contributed by atoms with Crippen molar-refractivity contribution in [1.82, 2.24) is 14.9 Å². The lowest BCUT2D eigenvalue weighted by atomic mass is 9.98. The molecule has 3 rings (SSSR count). The van der Waals surface area contributed by atoms with Gasteiger partial charge in [-0.3, -0.25) is 14.7 Å². The van der Waals surface area contributed by atoms with E-state index in [0.717, 1.165) is 24.4 Å². The van der Waals surface area contributed by atoms with Crippen LogP contribution in [0, 0.1) is 12.8 Å². The number of amides is 1. The van der Waals surface area contributed by atoms with Gasteiger partial charge in [0, 0.05) is 37.3 Å². The second kappa shape index (κ2) is 9.23. The molecular weight excluding hydrogens is 409 g/mol. The number of aryl methyl sites for hydroxylation is 1. The number of alkyl halides is 3. The van der Waals surface area contributed by atoms with Gasteiger partial charge >= 0.3 is 6.18 Å². The molecule has 0 bridgehead atoms. The Balaban J connectivity index is 0.00000280. The molecule has 1 aliphatic rings. The molecule has 2 aromatic rings. The Hall–Kier alpha value is -1.65. The zero-order valence-electron chi connectivity index (χ0n) is 15.6. The van der Waals surface area contributed by atoms with E-state index in [0.29, 0.717) is 23.7 Å². The van der Waals surface area contributed by atoms with Crippen molar-refractivity contribution in [2.45, 2.75) is 39.4 Å². The SMILES string of the molecule is CC(=O)Nc1ncc(CN2CCC(Cc3ncc(C)cc3C(F)(F)F)C2)s1.S. The summed E-state index contributed by atoms with van der Waals surface area (Å²) in [4.78, 5) is 22.5. The first-order valence-electron chi connectivity index (χ1n) is 8.68. The van der Waals surface area contributed by atoms with Crippen LogP contribution in [-0.4, -0.2) is 33.9 Å². The maximum Gasteiger partial charge on any atom is 0.418 e. The molecule has 154 valence electrons. The van der Waals surface area contributed by atoms with E-state index in [1.807, 2.05) is 0 Å². The molecule has 0 aliphatic carbocycles. The highest BCUT2D eigenvalue weighted by atomic mass is 32.1. The fourth-order valence-corrected chi connectivity index (χ4v) is 4.21. The second-order valence-electron chi connectivity index (χ2n) is 6.91. The van der Waals surface area contributed by atoms with Gasteiger partial charge < -0.3 is 5.32 Å². The number of hydrogen-bond donors (Lipinski definition) is 1. The van der Waals surface area contributed by atoms with E-state index in [4.69, 9.17) is 0 Å². The highest BCUT2D eigenvalue weighted by Crippen LogP contribution is 2.34. The summed E-state index contributed by atoms with van der Waals surface area (Å²) in [6, 6.07) is 1.18. The zero-order chi connectivity index (χ0) is 19.6. The summed E-state index contributed by atoms with van der Waals surface area (Å²) in [6.07, 6.45) is 0.00970. The lowest BCUT2D eigenvalue weighted by molar-refractivity contribution is -0.138. The summed E-state index contributed by atoms with van der Waals surface area (Å²) in [6.45, 7) is 5.28. The van der Waals surface area contributed by atoms with E-state index < -0.39 is 11.7 Å². The Bertz CT molecular complexity index is 825. The Kier molecular flexibility index (Phi) is 7.46. The lowest BCUT2D eigenvalue weighted by Crippen LogP contribution is -2.21. The maximum absolute atomic E-state index is 13.3. The third kappa shape index (κ3) is 5.92. The van der Waals surface area contributed by atoms with Gasteiger partial charge in [0.15, 0.2) is 5.13 Å². The topological polar surface area (TPSA) is 58.1 Å². The largest absolute Gasteiger partial charge is 0.418 e. The first-order chi connectivity index (χ1) is 12.7. The minimum absolute atomic E-state index is 0. The van der Waals surface area contributed by atoms with E-state index >= 15 is 0 Å². The molecule has 3 heterocycles. The number of anilines is 1. The van der Waals surface area contributed by atoms with Crippen LogP contribution in [0.25, 0.3) is 0 Å². The molecule has 0 saturated carbocycles. The molecule has 10 heteroatoms. The molecule has 1 unspecified atom stereocenters. The summed E-state index contributed by atoms with van der Waals surface area (Å²) in [5.74, 6) is -0.0211. The zero-order valence-corrected chi connectivity index (χ0v) is 17.5. The van der Waals surface area contributed by atoms with Crippen molar-refractivity contribution < 1.29 is 18.0 Å². The van der Waals surface area contributed by atoms with Gasteiger partial charge in [0.25, 0.3) is 0 Å². The van der Waals surface area contributed by atoms with Crippen LogP contribution in [0.15, 0.2) is 18.5 Å². The summed E-state index contributed by atoms with van der Waals surface area (Å²) in [5, 5.41) is 3.21. The smallest absolute Gasteiger partial charge is 0.302 e. The van der Waals surface area contributed by atoms with Crippen molar-refractivity contribution in [2.24, 2.45) is 5.92 Å². The average molecular weight is 433 g/mol. The van der Waals surface area contributed by atoms with E-state index in [-0.39, 0.29) is 31.0 Å². The first-order valence-corrected chi connectivity index (χ1v) is 9.49. The molecule has 0 aromatic carbocycles. The fraction of sp³-hybridized carbons (Fsp3) is 0.500. The van der Waals surface area contributed by atoms with Gasteiger partial charge in [-0.2, -0.15) is 26.7 Å². The number of carbonyl (C=O) groups is 1. The molecule has 1 saturated heterocycles. The number of halogens is 3. The van der Waals surface area contributed by atoms with Gasteiger partial charge in [0.2, 0.25) is 5.91 Å². The second-order valence-corrected chi connectivity index (χ2v) is 8.03. The molecule has 1 fully saturated rings. The van der Waals surface area contributed by atoms with Crippen molar-refractivity contribution in [2.75, 3.05) is 18.4 Å². The van der Waals surface area contributed by atoms with Crippen LogP contribution in [0.3, 0.4) is 0 Å². The highest BCUT2D eigenvalue weighted by Gasteiger charge is 2.35. The Labute approximate surface area is 172 Å². The van der Waals surface area contributed by atoms with Gasteiger partial charge in [-0.15, -0.1) is 11.3 Å². The van der Waals surface area contributed by atoms with Gasteiger partial charge in [0.1, 0.15) is 0 Å². The van der Waals surface area contributed by atoms with Crippen LogP contribution in [0.2, 0.25) is 0 Å². The van der Waals surface area contributed by atoms with Gasteiger partial charge in [-0.1, -0.05) is 0 Å². The predicted molar refractivity (Wildman–Crippen MR) is 108 cm³/mol. The normalized spacial score (nSPS) is 17.4. The van der Waals surface area contributed by atoms with Gasteiger partial charge in [0.05, 0.1) is 11.3 Å². The van der Waals surface area contributed by atoms with Crippen molar-refractivity contribution in [3.8, 4) is 0 Å². The standard InChI is InChI=1S/C18H21F3N4OS.H2S/c1-11-5-15(18(19,20)21)16(22-7-11)6-13-3-4-25(9-13)10-14-8-23-17(27-14)24-12(2)26;/h5,7-8,13H,3-4,6,9-10H2,1-2H3,(H,23,24,26);1H2. The van der Waals surface area contributed by atoms with E-state index in [2.05, 4.69) is 20.2 Å². The van der Waals surface area contributed by atoms with Crippen molar-refractivity contribution in [3.05, 3.63) is 40.2 Å². The lowest BCUT2D eigenvalue weighted by Gasteiger charge is -2.17. The quantitative estimate of drug-likeness (QED) is 0.776.